The lowest BCUT2D eigenvalue weighted by molar-refractivity contribution is -0.136. The van der Waals surface area contributed by atoms with E-state index in [0.29, 0.717) is 43.0 Å². The fourth-order valence-electron chi connectivity index (χ4n) is 3.78. The Balaban J connectivity index is 1.69. The minimum absolute atomic E-state index is 0.0320. The van der Waals surface area contributed by atoms with E-state index in [1.54, 1.807) is 41.3 Å². The molecule has 0 saturated carbocycles. The first-order chi connectivity index (χ1) is 15.5. The molecule has 3 rings (SSSR count). The first-order valence-electron chi connectivity index (χ1n) is 10.5. The maximum Gasteiger partial charge on any atom is 0.252 e. The number of benzene rings is 1. The molecule has 1 aliphatic heterocycles. The Morgan fingerprint density at radius 1 is 1.16 bits per heavy atom. The molecule has 2 heterocycles. The fourth-order valence-corrected chi connectivity index (χ4v) is 3.78. The summed E-state index contributed by atoms with van der Waals surface area (Å²) in [6.45, 7) is 1.26. The van der Waals surface area contributed by atoms with Gasteiger partial charge < -0.3 is 29.4 Å². The second-order valence-corrected chi connectivity index (χ2v) is 7.63. The number of carbonyl (C=O) groups is 3. The Labute approximate surface area is 187 Å². The molecule has 0 radical (unpaired) electrons. The highest BCUT2D eigenvalue weighted by molar-refractivity contribution is 5.98. The van der Waals surface area contributed by atoms with E-state index in [-0.39, 0.29) is 36.8 Å². The largest absolute Gasteiger partial charge is 0.497 e. The van der Waals surface area contributed by atoms with Gasteiger partial charge in [0.2, 0.25) is 11.8 Å². The van der Waals surface area contributed by atoms with Crippen molar-refractivity contribution in [2.45, 2.75) is 25.4 Å². The number of methoxy groups -OCH3 is 2. The Hall–Kier alpha value is -3.33. The molecule has 3 amide bonds. The Morgan fingerprint density at radius 3 is 2.59 bits per heavy atom. The average molecular weight is 444 g/mol. The number of likely N-dealkylation sites (tertiary alicyclic amines) is 1. The van der Waals surface area contributed by atoms with Crippen LogP contribution in [0.5, 0.6) is 5.75 Å². The van der Waals surface area contributed by atoms with Crippen LogP contribution in [0.1, 0.15) is 29.0 Å². The van der Waals surface area contributed by atoms with Crippen LogP contribution in [0.25, 0.3) is 0 Å². The van der Waals surface area contributed by atoms with Crippen LogP contribution in [0.4, 0.5) is 0 Å². The summed E-state index contributed by atoms with van der Waals surface area (Å²) in [6.07, 6.45) is 2.72. The predicted molar refractivity (Wildman–Crippen MR) is 116 cm³/mol. The average Bonchev–Trinajstić information content (AvgIpc) is 3.35. The van der Waals surface area contributed by atoms with Gasteiger partial charge in [-0.15, -0.1) is 0 Å². The number of nitrogens with zero attached hydrogens (tertiary/aromatic N) is 1. The first-order valence-corrected chi connectivity index (χ1v) is 10.5. The molecule has 1 aliphatic rings. The molecule has 1 atom stereocenters. The molecule has 1 saturated heterocycles. The fraction of sp³-hybridized carbons (Fsp3) is 0.435. The highest BCUT2D eigenvalue weighted by Crippen LogP contribution is 2.22. The van der Waals surface area contributed by atoms with E-state index in [2.05, 4.69) is 10.6 Å². The smallest absolute Gasteiger partial charge is 0.252 e. The molecule has 0 aliphatic carbocycles. The van der Waals surface area contributed by atoms with Crippen molar-refractivity contribution in [1.82, 2.24) is 15.5 Å². The van der Waals surface area contributed by atoms with Gasteiger partial charge in [0.25, 0.3) is 5.91 Å². The summed E-state index contributed by atoms with van der Waals surface area (Å²) in [6, 6.07) is 9.53. The number of hydrogen-bond donors (Lipinski definition) is 2. The Kier molecular flexibility index (Phi) is 8.27. The third kappa shape index (κ3) is 6.10. The molecule has 0 spiro atoms. The molecule has 1 aromatic carbocycles. The van der Waals surface area contributed by atoms with Crippen LogP contribution in [0, 0.1) is 5.92 Å². The second kappa shape index (κ2) is 11.3. The predicted octanol–water partition coefficient (Wildman–Crippen LogP) is 1.59. The summed E-state index contributed by atoms with van der Waals surface area (Å²) >= 11 is 0. The lowest BCUT2D eigenvalue weighted by Gasteiger charge is -2.35. The molecule has 1 aromatic heterocycles. The second-order valence-electron chi connectivity index (χ2n) is 7.63. The van der Waals surface area contributed by atoms with Crippen molar-refractivity contribution in [1.29, 1.82) is 0 Å². The molecular formula is C23H29N3O6. The van der Waals surface area contributed by atoms with E-state index >= 15 is 0 Å². The van der Waals surface area contributed by atoms with Gasteiger partial charge in [0, 0.05) is 25.8 Å². The van der Waals surface area contributed by atoms with E-state index in [4.69, 9.17) is 13.9 Å². The standard InChI is InChI=1S/C23H29N3O6/c1-30-15-20(27)26-10-8-16(9-11-26)21(23(29)24-14-19-7-4-12-32-19)25-22(28)17-5-3-6-18(13-17)31-2/h3-7,12-13,16,21H,8-11,14-15H2,1-2H3,(H,24,29)(H,25,28)/t21-/m0/s1. The van der Waals surface area contributed by atoms with E-state index in [0.717, 1.165) is 0 Å². The van der Waals surface area contributed by atoms with Crippen molar-refractivity contribution in [3.63, 3.8) is 0 Å². The van der Waals surface area contributed by atoms with Crippen LogP contribution in [0.15, 0.2) is 47.1 Å². The van der Waals surface area contributed by atoms with E-state index in [1.807, 2.05) is 0 Å². The lowest BCUT2D eigenvalue weighted by Crippen LogP contribution is -2.53. The summed E-state index contributed by atoms with van der Waals surface area (Å²) in [5.41, 5.74) is 0.404. The lowest BCUT2D eigenvalue weighted by atomic mass is 9.88. The summed E-state index contributed by atoms with van der Waals surface area (Å²) in [4.78, 5) is 39.8. The molecule has 2 aromatic rings. The van der Waals surface area contributed by atoms with Crippen LogP contribution in [-0.4, -0.2) is 62.6 Å². The van der Waals surface area contributed by atoms with Gasteiger partial charge in [0.15, 0.2) is 0 Å². The molecule has 0 unspecified atom stereocenters. The van der Waals surface area contributed by atoms with Gasteiger partial charge in [-0.05, 0) is 49.1 Å². The zero-order valence-corrected chi connectivity index (χ0v) is 18.3. The zero-order valence-electron chi connectivity index (χ0n) is 18.3. The summed E-state index contributed by atoms with van der Waals surface area (Å²) in [5, 5.41) is 5.73. The van der Waals surface area contributed by atoms with Gasteiger partial charge in [-0.25, -0.2) is 0 Å². The first kappa shape index (κ1) is 23.3. The summed E-state index contributed by atoms with van der Waals surface area (Å²) < 4.78 is 15.4. The third-order valence-corrected chi connectivity index (χ3v) is 5.55. The quantitative estimate of drug-likeness (QED) is 0.609. The van der Waals surface area contributed by atoms with E-state index in [1.165, 1.54) is 20.5 Å². The van der Waals surface area contributed by atoms with Gasteiger partial charge in [-0.2, -0.15) is 0 Å². The molecule has 9 nitrogen and oxygen atoms in total. The topological polar surface area (TPSA) is 110 Å². The third-order valence-electron chi connectivity index (χ3n) is 5.55. The summed E-state index contributed by atoms with van der Waals surface area (Å²) in [7, 11) is 3.01. The highest BCUT2D eigenvalue weighted by atomic mass is 16.5. The van der Waals surface area contributed by atoms with Crippen LogP contribution in [0.3, 0.4) is 0 Å². The van der Waals surface area contributed by atoms with Crippen LogP contribution in [0.2, 0.25) is 0 Å². The van der Waals surface area contributed by atoms with Gasteiger partial charge >= 0.3 is 0 Å². The number of ether oxygens (including phenoxy) is 2. The summed E-state index contributed by atoms with van der Waals surface area (Å²) in [5.74, 6) is 0.329. The maximum absolute atomic E-state index is 13.1. The number of amides is 3. The maximum atomic E-state index is 13.1. The number of carbonyl (C=O) groups excluding carboxylic acids is 3. The van der Waals surface area contributed by atoms with Crippen LogP contribution < -0.4 is 15.4 Å². The number of hydrogen-bond acceptors (Lipinski definition) is 6. The molecular weight excluding hydrogens is 414 g/mol. The van der Waals surface area contributed by atoms with Gasteiger partial charge in [0.1, 0.15) is 24.2 Å². The molecule has 172 valence electrons. The van der Waals surface area contributed by atoms with Crippen molar-refractivity contribution >= 4 is 17.7 Å². The van der Waals surface area contributed by atoms with Gasteiger partial charge in [0.05, 0.1) is 19.9 Å². The minimum atomic E-state index is -0.747. The molecule has 32 heavy (non-hydrogen) atoms. The Bertz CT molecular complexity index is 906. The van der Waals surface area contributed by atoms with Crippen molar-refractivity contribution in [2.24, 2.45) is 5.92 Å². The molecule has 2 N–H and O–H groups in total. The van der Waals surface area contributed by atoms with Crippen molar-refractivity contribution in [3.8, 4) is 5.75 Å². The number of rotatable bonds is 9. The van der Waals surface area contributed by atoms with E-state index < -0.39 is 6.04 Å². The minimum Gasteiger partial charge on any atom is -0.497 e. The normalized spacial score (nSPS) is 15.1. The van der Waals surface area contributed by atoms with Crippen LogP contribution >= 0.6 is 0 Å². The van der Waals surface area contributed by atoms with Crippen molar-refractivity contribution < 1.29 is 28.3 Å². The number of furan rings is 1. The SMILES string of the molecule is COCC(=O)N1CCC([C@H](NC(=O)c2cccc(OC)c2)C(=O)NCc2ccco2)CC1. The van der Waals surface area contributed by atoms with Crippen LogP contribution in [-0.2, 0) is 20.9 Å². The number of nitrogens with one attached hydrogen (secondary N) is 2. The van der Waals surface area contributed by atoms with Gasteiger partial charge in [-0.1, -0.05) is 6.07 Å². The monoisotopic (exact) mass is 443 g/mol. The number of piperidine rings is 1. The Morgan fingerprint density at radius 2 is 1.94 bits per heavy atom. The molecule has 1 fully saturated rings. The molecule has 9 heteroatoms. The molecule has 0 bridgehead atoms. The van der Waals surface area contributed by atoms with Crippen molar-refractivity contribution in [3.05, 3.63) is 54.0 Å². The highest BCUT2D eigenvalue weighted by Gasteiger charge is 2.34. The zero-order chi connectivity index (χ0) is 22.9. The van der Waals surface area contributed by atoms with Gasteiger partial charge in [-0.3, -0.25) is 14.4 Å². The van der Waals surface area contributed by atoms with E-state index in [9.17, 15) is 14.4 Å². The van der Waals surface area contributed by atoms with Crippen molar-refractivity contribution in [2.75, 3.05) is 33.9 Å².